The zero-order chi connectivity index (χ0) is 30.3. The SMILES string of the molecule is CC(C)(C)c1cc(-n2c3ccccc3c3cc(Nc4ccc5c(c4)C(C)(C)c4ccccc4-5)ccc32)cc(C(C)(C)C)c1. The second-order valence-corrected chi connectivity index (χ2v) is 14.9. The van der Waals surface area contributed by atoms with Crippen LogP contribution in [0.2, 0.25) is 0 Å². The average molecular weight is 563 g/mol. The molecule has 0 bridgehead atoms. The molecule has 43 heavy (non-hydrogen) atoms. The third-order valence-electron chi connectivity index (χ3n) is 9.45. The van der Waals surface area contributed by atoms with Gasteiger partial charge in [0.1, 0.15) is 0 Å². The van der Waals surface area contributed by atoms with Gasteiger partial charge in [-0.25, -0.2) is 0 Å². The van der Waals surface area contributed by atoms with Gasteiger partial charge in [-0.15, -0.1) is 0 Å². The predicted octanol–water partition coefficient (Wildman–Crippen LogP) is 11.4. The quantitative estimate of drug-likeness (QED) is 0.227. The third kappa shape index (κ3) is 4.47. The maximum absolute atomic E-state index is 3.75. The summed E-state index contributed by atoms with van der Waals surface area (Å²) < 4.78 is 2.45. The Hall–Kier alpha value is -4.30. The molecule has 1 aliphatic rings. The zero-order valence-corrected chi connectivity index (χ0v) is 26.8. The minimum Gasteiger partial charge on any atom is -0.355 e. The lowest BCUT2D eigenvalue weighted by molar-refractivity contribution is 0.568. The fraction of sp³-hybridized carbons (Fsp3) is 0.268. The first-order valence-electron chi connectivity index (χ1n) is 15.5. The number of nitrogens with zero attached hydrogens (tertiary/aromatic N) is 1. The molecule has 0 amide bonds. The Bertz CT molecular complexity index is 2010. The average Bonchev–Trinajstić information content (AvgIpc) is 3.41. The molecule has 0 radical (unpaired) electrons. The maximum atomic E-state index is 3.75. The molecule has 7 rings (SSSR count). The van der Waals surface area contributed by atoms with Crippen LogP contribution < -0.4 is 5.32 Å². The molecule has 1 aliphatic carbocycles. The highest BCUT2D eigenvalue weighted by Crippen LogP contribution is 2.49. The largest absolute Gasteiger partial charge is 0.355 e. The number of hydrogen-bond donors (Lipinski definition) is 1. The van der Waals surface area contributed by atoms with E-state index in [4.69, 9.17) is 0 Å². The number of para-hydroxylation sites is 1. The van der Waals surface area contributed by atoms with Crippen molar-refractivity contribution in [1.82, 2.24) is 4.57 Å². The van der Waals surface area contributed by atoms with E-state index in [0.29, 0.717) is 0 Å². The Morgan fingerprint density at radius 1 is 0.535 bits per heavy atom. The van der Waals surface area contributed by atoms with Gasteiger partial charge in [-0.2, -0.15) is 0 Å². The van der Waals surface area contributed by atoms with Gasteiger partial charge in [-0.1, -0.05) is 110 Å². The van der Waals surface area contributed by atoms with Gasteiger partial charge in [0.05, 0.1) is 11.0 Å². The second-order valence-electron chi connectivity index (χ2n) is 14.9. The fourth-order valence-corrected chi connectivity index (χ4v) is 6.88. The summed E-state index contributed by atoms with van der Waals surface area (Å²) in [5.74, 6) is 0. The standard InChI is InChI=1S/C41H42N2/c1-39(2,3)26-21-27(40(4,5)6)23-30(22-26)43-37-16-12-10-14-33(37)34-24-28(18-20-38(34)43)42-29-17-19-32-31-13-9-11-15-35(31)41(7,8)36(32)25-29/h9-25,42H,1-8H3. The van der Waals surface area contributed by atoms with Gasteiger partial charge < -0.3 is 9.88 Å². The highest BCUT2D eigenvalue weighted by atomic mass is 15.0. The van der Waals surface area contributed by atoms with Gasteiger partial charge in [0.15, 0.2) is 0 Å². The monoisotopic (exact) mass is 562 g/mol. The van der Waals surface area contributed by atoms with Gasteiger partial charge in [0.2, 0.25) is 0 Å². The maximum Gasteiger partial charge on any atom is 0.0542 e. The van der Waals surface area contributed by atoms with Crippen molar-refractivity contribution in [2.75, 3.05) is 5.32 Å². The van der Waals surface area contributed by atoms with Crippen LogP contribution >= 0.6 is 0 Å². The molecule has 216 valence electrons. The number of rotatable bonds is 3. The number of nitrogens with one attached hydrogen (secondary N) is 1. The lowest BCUT2D eigenvalue weighted by Gasteiger charge is -2.26. The Labute approximate surface area is 256 Å². The van der Waals surface area contributed by atoms with Crippen LogP contribution in [-0.2, 0) is 16.2 Å². The van der Waals surface area contributed by atoms with Crippen molar-refractivity contribution in [2.24, 2.45) is 0 Å². The van der Waals surface area contributed by atoms with E-state index in [-0.39, 0.29) is 16.2 Å². The van der Waals surface area contributed by atoms with E-state index in [0.717, 1.165) is 11.4 Å². The molecule has 1 aromatic heterocycles. The van der Waals surface area contributed by atoms with E-state index in [9.17, 15) is 0 Å². The lowest BCUT2D eigenvalue weighted by Crippen LogP contribution is -2.17. The van der Waals surface area contributed by atoms with Crippen molar-refractivity contribution >= 4 is 33.2 Å². The van der Waals surface area contributed by atoms with Gasteiger partial charge in [0, 0.05) is 33.2 Å². The van der Waals surface area contributed by atoms with Crippen LogP contribution in [0, 0.1) is 0 Å². The highest BCUT2D eigenvalue weighted by molar-refractivity contribution is 6.10. The first-order valence-corrected chi connectivity index (χ1v) is 15.5. The van der Waals surface area contributed by atoms with Gasteiger partial charge in [-0.05, 0) is 92.7 Å². The molecule has 0 spiro atoms. The summed E-state index contributed by atoms with van der Waals surface area (Å²) >= 11 is 0. The van der Waals surface area contributed by atoms with E-state index in [1.54, 1.807) is 0 Å². The lowest BCUT2D eigenvalue weighted by atomic mass is 9.80. The van der Waals surface area contributed by atoms with Crippen LogP contribution in [-0.4, -0.2) is 4.57 Å². The molecule has 0 aliphatic heterocycles. The van der Waals surface area contributed by atoms with E-state index in [1.807, 2.05) is 0 Å². The van der Waals surface area contributed by atoms with Crippen molar-refractivity contribution in [3.8, 4) is 16.8 Å². The van der Waals surface area contributed by atoms with E-state index in [1.165, 1.54) is 60.9 Å². The number of aromatic nitrogens is 1. The smallest absolute Gasteiger partial charge is 0.0542 e. The first-order chi connectivity index (χ1) is 20.3. The minimum atomic E-state index is -0.0194. The van der Waals surface area contributed by atoms with Crippen molar-refractivity contribution in [2.45, 2.75) is 71.6 Å². The molecule has 1 heterocycles. The summed E-state index contributed by atoms with van der Waals surface area (Å²) in [6, 6.07) is 38.5. The number of hydrogen-bond acceptors (Lipinski definition) is 1. The topological polar surface area (TPSA) is 17.0 Å². The van der Waals surface area contributed by atoms with Crippen LogP contribution in [0.1, 0.15) is 77.6 Å². The van der Waals surface area contributed by atoms with Gasteiger partial charge in [-0.3, -0.25) is 0 Å². The van der Waals surface area contributed by atoms with Crippen LogP contribution in [0.25, 0.3) is 38.6 Å². The van der Waals surface area contributed by atoms with E-state index >= 15 is 0 Å². The summed E-state index contributed by atoms with van der Waals surface area (Å²) in [6.07, 6.45) is 0. The van der Waals surface area contributed by atoms with Crippen LogP contribution in [0.3, 0.4) is 0 Å². The molecule has 0 unspecified atom stereocenters. The van der Waals surface area contributed by atoms with Crippen molar-refractivity contribution in [3.05, 3.63) is 125 Å². The molecular formula is C41H42N2. The number of anilines is 2. The summed E-state index contributed by atoms with van der Waals surface area (Å²) in [5.41, 5.74) is 14.2. The van der Waals surface area contributed by atoms with E-state index < -0.39 is 0 Å². The molecule has 0 fully saturated rings. The van der Waals surface area contributed by atoms with Crippen molar-refractivity contribution in [3.63, 3.8) is 0 Å². The molecular weight excluding hydrogens is 520 g/mol. The predicted molar refractivity (Wildman–Crippen MR) is 185 cm³/mol. The Balaban J connectivity index is 1.35. The van der Waals surface area contributed by atoms with Crippen LogP contribution in [0.5, 0.6) is 0 Å². The molecule has 2 heteroatoms. The second kappa shape index (κ2) is 9.35. The van der Waals surface area contributed by atoms with Gasteiger partial charge >= 0.3 is 0 Å². The Morgan fingerprint density at radius 2 is 1.12 bits per heavy atom. The van der Waals surface area contributed by atoms with Crippen LogP contribution in [0.15, 0.2) is 103 Å². The van der Waals surface area contributed by atoms with Gasteiger partial charge in [0.25, 0.3) is 0 Å². The van der Waals surface area contributed by atoms with Crippen molar-refractivity contribution in [1.29, 1.82) is 0 Å². The summed E-state index contributed by atoms with van der Waals surface area (Å²) in [4.78, 5) is 0. The van der Waals surface area contributed by atoms with Crippen LogP contribution in [0.4, 0.5) is 11.4 Å². The summed E-state index contributed by atoms with van der Waals surface area (Å²) in [6.45, 7) is 18.5. The highest BCUT2D eigenvalue weighted by Gasteiger charge is 2.35. The normalized spacial score (nSPS) is 14.2. The number of benzene rings is 5. The molecule has 2 nitrogen and oxygen atoms in total. The third-order valence-corrected chi connectivity index (χ3v) is 9.45. The molecule has 1 N–H and O–H groups in total. The summed E-state index contributed by atoms with van der Waals surface area (Å²) in [5, 5.41) is 6.28. The summed E-state index contributed by atoms with van der Waals surface area (Å²) in [7, 11) is 0. The molecule has 0 atom stereocenters. The molecule has 0 saturated heterocycles. The number of fused-ring (bicyclic) bond motifs is 6. The Morgan fingerprint density at radius 3 is 1.84 bits per heavy atom. The van der Waals surface area contributed by atoms with E-state index in [2.05, 4.69) is 168 Å². The zero-order valence-electron chi connectivity index (χ0n) is 26.8. The molecule has 0 saturated carbocycles. The van der Waals surface area contributed by atoms with Crippen molar-refractivity contribution < 1.29 is 0 Å². The fourth-order valence-electron chi connectivity index (χ4n) is 6.88. The first kappa shape index (κ1) is 27.5. The minimum absolute atomic E-state index is 0.0194. The molecule has 5 aromatic carbocycles. The Kier molecular flexibility index (Phi) is 5.98. The molecule has 6 aromatic rings.